The molecule has 0 atom stereocenters. The summed E-state index contributed by atoms with van der Waals surface area (Å²) in [6, 6.07) is 11.0. The first kappa shape index (κ1) is 20.5. The molecule has 3 amide bonds. The van der Waals surface area contributed by atoms with Gasteiger partial charge in [0.05, 0.1) is 19.3 Å². The van der Waals surface area contributed by atoms with Crippen molar-refractivity contribution in [3.63, 3.8) is 0 Å². The number of hydrogen-bond acceptors (Lipinski definition) is 3. The van der Waals surface area contributed by atoms with Crippen molar-refractivity contribution < 1.29 is 14.3 Å². The first-order valence-electron chi connectivity index (χ1n) is 9.73. The number of rotatable bonds is 9. The number of carbonyl (C=O) groups is 2. The quantitative estimate of drug-likeness (QED) is 0.662. The minimum Gasteiger partial charge on any atom is -0.495 e. The van der Waals surface area contributed by atoms with Gasteiger partial charge in [0.1, 0.15) is 12.3 Å². The van der Waals surface area contributed by atoms with E-state index >= 15 is 0 Å². The summed E-state index contributed by atoms with van der Waals surface area (Å²) in [6.45, 7) is 4.53. The van der Waals surface area contributed by atoms with Gasteiger partial charge in [0.25, 0.3) is 0 Å². The number of para-hydroxylation sites is 2. The van der Waals surface area contributed by atoms with Gasteiger partial charge in [0, 0.05) is 31.5 Å². The monoisotopic (exact) mass is 396 g/mol. The van der Waals surface area contributed by atoms with Gasteiger partial charge in [0.2, 0.25) is 5.91 Å². The predicted octanol–water partition coefficient (Wildman–Crippen LogP) is 3.24. The maximum atomic E-state index is 13.1. The molecule has 1 fully saturated rings. The number of amides is 3. The van der Waals surface area contributed by atoms with Crippen LogP contribution in [0.2, 0.25) is 0 Å². The van der Waals surface area contributed by atoms with Crippen molar-refractivity contribution in [1.29, 1.82) is 0 Å². The van der Waals surface area contributed by atoms with E-state index < -0.39 is 0 Å². The fourth-order valence-electron chi connectivity index (χ4n) is 3.21. The van der Waals surface area contributed by atoms with Crippen molar-refractivity contribution in [2.75, 3.05) is 25.5 Å². The second-order valence-corrected chi connectivity index (χ2v) is 7.16. The lowest BCUT2D eigenvalue weighted by Crippen LogP contribution is -2.45. The molecular formula is C22H28N4O3. The Morgan fingerprint density at radius 2 is 2.03 bits per heavy atom. The van der Waals surface area contributed by atoms with Crippen molar-refractivity contribution in [1.82, 2.24) is 14.4 Å². The fourth-order valence-corrected chi connectivity index (χ4v) is 3.21. The largest absolute Gasteiger partial charge is 0.495 e. The maximum absolute atomic E-state index is 13.1. The summed E-state index contributed by atoms with van der Waals surface area (Å²) in [5.41, 5.74) is 1.63. The molecule has 0 aliphatic heterocycles. The topological polar surface area (TPSA) is 66.8 Å². The highest BCUT2D eigenvalue weighted by Gasteiger charge is 2.34. The Labute approximate surface area is 171 Å². The van der Waals surface area contributed by atoms with Crippen LogP contribution in [0.3, 0.4) is 0 Å². The summed E-state index contributed by atoms with van der Waals surface area (Å²) in [5.74, 6) is 0.500. The number of ether oxygens (including phenoxy) is 1. The smallest absolute Gasteiger partial charge is 0.322 e. The molecule has 2 aromatic rings. The number of methoxy groups -OCH3 is 1. The number of nitrogens with one attached hydrogen (secondary N) is 1. The molecule has 1 aliphatic carbocycles. The molecule has 29 heavy (non-hydrogen) atoms. The van der Waals surface area contributed by atoms with Gasteiger partial charge in [-0.15, -0.1) is 6.58 Å². The van der Waals surface area contributed by atoms with Gasteiger partial charge in [-0.05, 0) is 37.1 Å². The van der Waals surface area contributed by atoms with Crippen molar-refractivity contribution in [3.05, 3.63) is 60.9 Å². The number of anilines is 1. The van der Waals surface area contributed by atoms with Crippen LogP contribution in [0.4, 0.5) is 10.5 Å². The molecule has 3 rings (SSSR count). The van der Waals surface area contributed by atoms with Crippen LogP contribution in [0.15, 0.2) is 55.3 Å². The fraction of sp³-hybridized carbons (Fsp3) is 0.364. The zero-order valence-electron chi connectivity index (χ0n) is 17.0. The van der Waals surface area contributed by atoms with E-state index in [0.29, 0.717) is 18.0 Å². The van der Waals surface area contributed by atoms with Crippen LogP contribution in [0.1, 0.15) is 18.5 Å². The normalized spacial score (nSPS) is 12.9. The lowest BCUT2D eigenvalue weighted by Gasteiger charge is -2.27. The Morgan fingerprint density at radius 3 is 2.66 bits per heavy atom. The molecule has 0 radical (unpaired) electrons. The zero-order valence-corrected chi connectivity index (χ0v) is 17.0. The van der Waals surface area contributed by atoms with E-state index in [1.54, 1.807) is 25.3 Å². The van der Waals surface area contributed by atoms with Crippen LogP contribution >= 0.6 is 0 Å². The van der Waals surface area contributed by atoms with Gasteiger partial charge < -0.3 is 24.4 Å². The Hall–Kier alpha value is -3.22. The molecule has 1 saturated carbocycles. The summed E-state index contributed by atoms with van der Waals surface area (Å²) in [6.07, 6.45) is 5.60. The van der Waals surface area contributed by atoms with Crippen molar-refractivity contribution in [2.45, 2.75) is 25.4 Å². The minimum absolute atomic E-state index is 0.00603. The molecule has 7 nitrogen and oxygen atoms in total. The maximum Gasteiger partial charge on any atom is 0.322 e. The zero-order chi connectivity index (χ0) is 20.8. The van der Waals surface area contributed by atoms with Crippen molar-refractivity contribution >= 4 is 17.6 Å². The molecule has 0 bridgehead atoms. The van der Waals surface area contributed by atoms with E-state index in [-0.39, 0.29) is 31.1 Å². The SMILES string of the molecule is C=CCN(CC(=O)N(Cc1cccn1C)C1CC1)C(=O)Nc1ccccc1OC. The van der Waals surface area contributed by atoms with Crippen LogP contribution in [-0.4, -0.2) is 52.5 Å². The molecule has 0 saturated heterocycles. The van der Waals surface area contributed by atoms with Gasteiger partial charge in [0.15, 0.2) is 0 Å². The summed E-state index contributed by atoms with van der Waals surface area (Å²) < 4.78 is 7.30. The molecule has 1 aliphatic rings. The van der Waals surface area contributed by atoms with E-state index in [1.807, 2.05) is 47.0 Å². The third-order valence-electron chi connectivity index (χ3n) is 5.00. The number of nitrogens with zero attached hydrogens (tertiary/aromatic N) is 3. The Bertz CT molecular complexity index is 872. The third kappa shape index (κ3) is 5.19. The van der Waals surface area contributed by atoms with Gasteiger partial charge in [-0.1, -0.05) is 18.2 Å². The van der Waals surface area contributed by atoms with E-state index in [1.165, 1.54) is 4.90 Å². The van der Waals surface area contributed by atoms with E-state index in [2.05, 4.69) is 11.9 Å². The lowest BCUT2D eigenvalue weighted by atomic mass is 10.3. The Morgan fingerprint density at radius 1 is 1.28 bits per heavy atom. The number of benzene rings is 1. The van der Waals surface area contributed by atoms with Crippen LogP contribution in [0.25, 0.3) is 0 Å². The third-order valence-corrected chi connectivity index (χ3v) is 5.00. The van der Waals surface area contributed by atoms with Gasteiger partial charge >= 0.3 is 6.03 Å². The number of hydrogen-bond donors (Lipinski definition) is 1. The molecule has 1 aromatic heterocycles. The second-order valence-electron chi connectivity index (χ2n) is 7.16. The number of aryl methyl sites for hydroxylation is 1. The lowest BCUT2D eigenvalue weighted by molar-refractivity contribution is -0.133. The van der Waals surface area contributed by atoms with Crippen LogP contribution < -0.4 is 10.1 Å². The van der Waals surface area contributed by atoms with E-state index in [4.69, 9.17) is 4.74 Å². The molecule has 1 N–H and O–H groups in total. The highest BCUT2D eigenvalue weighted by Crippen LogP contribution is 2.29. The minimum atomic E-state index is -0.364. The summed E-state index contributed by atoms with van der Waals surface area (Å²) >= 11 is 0. The molecule has 0 unspecified atom stereocenters. The standard InChI is InChI=1S/C22H28N4O3/c1-4-13-25(22(28)23-19-9-5-6-10-20(19)29-3)16-21(27)26(17-11-12-17)15-18-8-7-14-24(18)2/h4-10,14,17H,1,11-13,15-16H2,2-3H3,(H,23,28). The first-order valence-corrected chi connectivity index (χ1v) is 9.73. The van der Waals surface area contributed by atoms with Gasteiger partial charge in [-0.2, -0.15) is 0 Å². The van der Waals surface area contributed by atoms with E-state index in [9.17, 15) is 9.59 Å². The molecule has 1 aromatic carbocycles. The highest BCUT2D eigenvalue weighted by atomic mass is 16.5. The summed E-state index contributed by atoms with van der Waals surface area (Å²) in [7, 11) is 3.52. The molecule has 154 valence electrons. The van der Waals surface area contributed by atoms with Gasteiger partial charge in [-0.3, -0.25) is 4.79 Å². The molecule has 1 heterocycles. The number of carbonyl (C=O) groups excluding carboxylic acids is 2. The summed E-state index contributed by atoms with van der Waals surface area (Å²) in [4.78, 5) is 29.2. The average molecular weight is 396 g/mol. The van der Waals surface area contributed by atoms with Crippen molar-refractivity contribution in [3.8, 4) is 5.75 Å². The Balaban J connectivity index is 1.69. The van der Waals surface area contributed by atoms with E-state index in [0.717, 1.165) is 18.5 Å². The van der Waals surface area contributed by atoms with Crippen molar-refractivity contribution in [2.24, 2.45) is 7.05 Å². The Kier molecular flexibility index (Phi) is 6.59. The highest BCUT2D eigenvalue weighted by molar-refractivity contribution is 5.93. The number of urea groups is 1. The van der Waals surface area contributed by atoms with Crippen LogP contribution in [0, 0.1) is 0 Å². The first-order chi connectivity index (χ1) is 14.0. The van der Waals surface area contributed by atoms with Crippen LogP contribution in [0.5, 0.6) is 5.75 Å². The van der Waals surface area contributed by atoms with Gasteiger partial charge in [-0.25, -0.2) is 4.79 Å². The average Bonchev–Trinajstić information content (AvgIpc) is 3.48. The molecule has 0 spiro atoms. The molecule has 7 heteroatoms. The molecular weight excluding hydrogens is 368 g/mol. The summed E-state index contributed by atoms with van der Waals surface area (Å²) in [5, 5.41) is 2.83. The number of aromatic nitrogens is 1. The van der Waals surface area contributed by atoms with Crippen LogP contribution in [-0.2, 0) is 18.4 Å². The predicted molar refractivity (Wildman–Crippen MR) is 113 cm³/mol. The second kappa shape index (κ2) is 9.32.